The standard InChI is InChI=1S/C21H21ClFN3O2S/c22-17-3-1-4-18-19(17)24-21(29-18)26(10-2-9-25-11-13-28-14-12-25)20(27)15-5-7-16(23)8-6-15/h1,3-8H,2,9-14H2/p+1. The molecule has 0 atom stereocenters. The molecule has 2 heterocycles. The molecule has 152 valence electrons. The molecule has 3 aromatic rings. The first-order valence-electron chi connectivity index (χ1n) is 9.65. The number of hydrogen-bond donors (Lipinski definition) is 1. The Kier molecular flexibility index (Phi) is 6.40. The minimum absolute atomic E-state index is 0.183. The van der Waals surface area contributed by atoms with Crippen LogP contribution in [-0.4, -0.2) is 50.3 Å². The quantitative estimate of drug-likeness (QED) is 0.648. The maximum absolute atomic E-state index is 13.3. The van der Waals surface area contributed by atoms with Gasteiger partial charge in [0.25, 0.3) is 5.91 Å². The molecule has 29 heavy (non-hydrogen) atoms. The second kappa shape index (κ2) is 9.17. The zero-order chi connectivity index (χ0) is 20.2. The summed E-state index contributed by atoms with van der Waals surface area (Å²) in [6.07, 6.45) is 0.839. The van der Waals surface area contributed by atoms with Gasteiger partial charge in [-0.1, -0.05) is 29.0 Å². The van der Waals surface area contributed by atoms with Gasteiger partial charge in [0.1, 0.15) is 24.4 Å². The third kappa shape index (κ3) is 4.75. The van der Waals surface area contributed by atoms with Gasteiger partial charge in [-0.2, -0.15) is 0 Å². The summed E-state index contributed by atoms with van der Waals surface area (Å²) in [6, 6.07) is 11.2. The van der Waals surface area contributed by atoms with Crippen LogP contribution in [-0.2, 0) is 4.74 Å². The molecule has 1 amide bonds. The molecule has 1 aliphatic rings. The maximum atomic E-state index is 13.3. The lowest BCUT2D eigenvalue weighted by Crippen LogP contribution is -3.14. The Morgan fingerprint density at radius 1 is 1.21 bits per heavy atom. The van der Waals surface area contributed by atoms with Crippen LogP contribution in [0.4, 0.5) is 9.52 Å². The first kappa shape index (κ1) is 20.2. The van der Waals surface area contributed by atoms with E-state index in [4.69, 9.17) is 16.3 Å². The minimum Gasteiger partial charge on any atom is -0.370 e. The van der Waals surface area contributed by atoms with E-state index in [1.165, 1.54) is 40.5 Å². The number of carbonyl (C=O) groups excluding carboxylic acids is 1. The topological polar surface area (TPSA) is 46.9 Å². The SMILES string of the molecule is O=C(c1ccc(F)cc1)N(CCC[NH+]1CCOCC1)c1nc2c(Cl)cccc2s1. The fraction of sp³-hybridized carbons (Fsp3) is 0.333. The zero-order valence-corrected chi connectivity index (χ0v) is 17.4. The molecule has 1 aromatic heterocycles. The van der Waals surface area contributed by atoms with E-state index < -0.39 is 0 Å². The summed E-state index contributed by atoms with van der Waals surface area (Å²) in [7, 11) is 0. The highest BCUT2D eigenvalue weighted by Crippen LogP contribution is 2.33. The van der Waals surface area contributed by atoms with Gasteiger partial charge in [0.15, 0.2) is 5.13 Å². The number of rotatable bonds is 6. The van der Waals surface area contributed by atoms with Crippen molar-refractivity contribution in [3.63, 3.8) is 0 Å². The number of ether oxygens (including phenoxy) is 1. The van der Waals surface area contributed by atoms with Gasteiger partial charge < -0.3 is 9.64 Å². The number of aromatic nitrogens is 1. The van der Waals surface area contributed by atoms with Gasteiger partial charge in [0.05, 0.1) is 29.5 Å². The van der Waals surface area contributed by atoms with Gasteiger partial charge in [-0.15, -0.1) is 0 Å². The number of fused-ring (bicyclic) bond motifs is 1. The molecule has 2 aromatic carbocycles. The third-order valence-corrected chi connectivity index (χ3v) is 6.39. The molecule has 5 nitrogen and oxygen atoms in total. The molecule has 1 N–H and O–H groups in total. The van der Waals surface area contributed by atoms with E-state index in [2.05, 4.69) is 4.98 Å². The molecule has 0 spiro atoms. The number of hydrogen-bond acceptors (Lipinski definition) is 4. The Hall–Kier alpha value is -2.06. The van der Waals surface area contributed by atoms with Crippen molar-refractivity contribution in [3.05, 3.63) is 58.9 Å². The van der Waals surface area contributed by atoms with Crippen LogP contribution in [0.5, 0.6) is 0 Å². The van der Waals surface area contributed by atoms with Gasteiger partial charge in [0, 0.05) is 18.5 Å². The molecule has 0 saturated carbocycles. The predicted octanol–water partition coefficient (Wildman–Crippen LogP) is 3.04. The summed E-state index contributed by atoms with van der Waals surface area (Å²) in [5.41, 5.74) is 1.14. The minimum atomic E-state index is -0.365. The van der Waals surface area contributed by atoms with Crippen molar-refractivity contribution in [1.82, 2.24) is 4.98 Å². The molecular formula is C21H22ClFN3O2S+. The largest absolute Gasteiger partial charge is 0.370 e. The number of anilines is 1. The van der Waals surface area contributed by atoms with E-state index in [1.807, 2.05) is 12.1 Å². The van der Waals surface area contributed by atoms with Crippen molar-refractivity contribution < 1.29 is 18.8 Å². The summed E-state index contributed by atoms with van der Waals surface area (Å²) in [5.74, 6) is -0.548. The third-order valence-electron chi connectivity index (χ3n) is 5.04. The first-order valence-corrected chi connectivity index (χ1v) is 10.8. The smallest absolute Gasteiger partial charge is 0.260 e. The Bertz CT molecular complexity index is 989. The number of halogens is 2. The molecule has 1 aliphatic heterocycles. The molecule has 8 heteroatoms. The molecular weight excluding hydrogens is 413 g/mol. The van der Waals surface area contributed by atoms with Crippen LogP contribution < -0.4 is 9.80 Å². The van der Waals surface area contributed by atoms with Crippen molar-refractivity contribution in [2.75, 3.05) is 44.3 Å². The Morgan fingerprint density at radius 2 is 1.97 bits per heavy atom. The van der Waals surface area contributed by atoms with E-state index in [9.17, 15) is 9.18 Å². The molecule has 0 unspecified atom stereocenters. The fourth-order valence-electron chi connectivity index (χ4n) is 3.45. The van der Waals surface area contributed by atoms with Gasteiger partial charge >= 0.3 is 0 Å². The molecule has 0 aliphatic carbocycles. The lowest BCUT2D eigenvalue weighted by Gasteiger charge is -2.25. The summed E-state index contributed by atoms with van der Waals surface area (Å²) in [5, 5.41) is 1.18. The van der Waals surface area contributed by atoms with Crippen LogP contribution in [0.15, 0.2) is 42.5 Å². The Labute approximate surface area is 177 Å². The molecule has 0 bridgehead atoms. The van der Waals surface area contributed by atoms with Crippen LogP contribution >= 0.6 is 22.9 Å². The van der Waals surface area contributed by atoms with Gasteiger partial charge in [0.2, 0.25) is 0 Å². The van der Waals surface area contributed by atoms with E-state index >= 15 is 0 Å². The molecule has 1 fully saturated rings. The normalized spacial score (nSPS) is 15.0. The average molecular weight is 435 g/mol. The van der Waals surface area contributed by atoms with Crippen molar-refractivity contribution >= 4 is 44.2 Å². The number of nitrogens with one attached hydrogen (secondary N) is 1. The van der Waals surface area contributed by atoms with Crippen LogP contribution in [0.3, 0.4) is 0 Å². The van der Waals surface area contributed by atoms with Crippen LogP contribution in [0.2, 0.25) is 5.02 Å². The van der Waals surface area contributed by atoms with Crippen molar-refractivity contribution in [1.29, 1.82) is 0 Å². The highest BCUT2D eigenvalue weighted by Gasteiger charge is 2.23. The number of amides is 1. The number of quaternary nitrogens is 1. The predicted molar refractivity (Wildman–Crippen MR) is 114 cm³/mol. The van der Waals surface area contributed by atoms with Crippen LogP contribution in [0, 0.1) is 5.82 Å². The number of nitrogens with zero attached hydrogens (tertiary/aromatic N) is 2. The lowest BCUT2D eigenvalue weighted by atomic mass is 10.2. The molecule has 4 rings (SSSR count). The van der Waals surface area contributed by atoms with E-state index in [1.54, 1.807) is 11.0 Å². The van der Waals surface area contributed by atoms with Crippen molar-refractivity contribution in [2.24, 2.45) is 0 Å². The first-order chi connectivity index (χ1) is 14.1. The van der Waals surface area contributed by atoms with E-state index in [0.29, 0.717) is 27.8 Å². The van der Waals surface area contributed by atoms with Crippen molar-refractivity contribution in [2.45, 2.75) is 6.42 Å². The fourth-order valence-corrected chi connectivity index (χ4v) is 4.74. The second-order valence-electron chi connectivity index (χ2n) is 7.01. The molecule has 0 radical (unpaired) electrons. The summed E-state index contributed by atoms with van der Waals surface area (Å²) >= 11 is 7.72. The zero-order valence-electron chi connectivity index (χ0n) is 15.9. The summed E-state index contributed by atoms with van der Waals surface area (Å²) < 4.78 is 19.6. The maximum Gasteiger partial charge on any atom is 0.260 e. The van der Waals surface area contributed by atoms with Gasteiger partial charge in [-0.3, -0.25) is 9.69 Å². The van der Waals surface area contributed by atoms with Gasteiger partial charge in [-0.05, 0) is 36.4 Å². The van der Waals surface area contributed by atoms with Crippen LogP contribution in [0.25, 0.3) is 10.2 Å². The van der Waals surface area contributed by atoms with Crippen LogP contribution in [0.1, 0.15) is 16.8 Å². The Morgan fingerprint density at radius 3 is 2.69 bits per heavy atom. The summed E-state index contributed by atoms with van der Waals surface area (Å²) in [4.78, 5) is 21.0. The number of para-hydroxylation sites is 1. The highest BCUT2D eigenvalue weighted by molar-refractivity contribution is 7.22. The molecule has 1 saturated heterocycles. The van der Waals surface area contributed by atoms with Crippen molar-refractivity contribution in [3.8, 4) is 0 Å². The Balaban J connectivity index is 1.57. The summed E-state index contributed by atoms with van der Waals surface area (Å²) in [6.45, 7) is 5.04. The van der Waals surface area contributed by atoms with Gasteiger partial charge in [-0.25, -0.2) is 9.37 Å². The van der Waals surface area contributed by atoms with E-state index in [-0.39, 0.29) is 11.7 Å². The number of morpholine rings is 1. The monoisotopic (exact) mass is 434 g/mol. The number of thiazole rings is 1. The number of benzene rings is 2. The highest BCUT2D eigenvalue weighted by atomic mass is 35.5. The lowest BCUT2D eigenvalue weighted by molar-refractivity contribution is -0.908. The van der Waals surface area contributed by atoms with E-state index in [0.717, 1.165) is 44.0 Å². The second-order valence-corrected chi connectivity index (χ2v) is 8.43. The average Bonchev–Trinajstić information content (AvgIpc) is 3.17. The number of carbonyl (C=O) groups is 1.